The molecule has 0 aromatic heterocycles. The smallest absolute Gasteiger partial charge is 0.248 e. The highest BCUT2D eigenvalue weighted by atomic mass is 15.2. The topological polar surface area (TPSA) is 6.48 Å². The Kier molecular flexibility index (Phi) is 14.3. The SMILES string of the molecule is CC(C)c1ccc2c(c1)N(c1ccccc1)c1cc(C(C)C)cc3c1B2c1cc2c(-c4c(-c5ccccc5)cccc4-c4ccccc4)cc4c5c(cc6c(-c7c(-c8ccccc8)cccc7-c7ccccc7)cc-3c1c6c25)B1c2ccc(C(C)C)cc2N(c2ccccc2)c2cc(C(C)C)cc-4c21. The molecule has 4 heteroatoms. The second-order valence-electron chi connectivity index (χ2n) is 30.9. The molecule has 0 amide bonds. The molecule has 0 N–H and O–H groups in total. The minimum absolute atomic E-state index is 0.127. The third-order valence-electron chi connectivity index (χ3n) is 23.7. The van der Waals surface area contributed by atoms with Gasteiger partial charge in [-0.15, -0.1) is 0 Å². The number of anilines is 6. The minimum Gasteiger partial charge on any atom is -0.311 e. The van der Waals surface area contributed by atoms with Crippen LogP contribution in [0, 0.1) is 0 Å². The molecule has 0 fully saturated rings. The molecule has 0 bridgehead atoms. The second-order valence-corrected chi connectivity index (χ2v) is 30.9. The van der Waals surface area contributed by atoms with E-state index in [-0.39, 0.29) is 25.3 Å². The average Bonchev–Trinajstić information content (AvgIpc) is 0.664. The zero-order valence-electron chi connectivity index (χ0n) is 60.2. The highest BCUT2D eigenvalue weighted by molar-refractivity contribution is 7.02. The summed E-state index contributed by atoms with van der Waals surface area (Å²) in [5.41, 5.74) is 40.5. The third-order valence-corrected chi connectivity index (χ3v) is 23.7. The molecular formula is C100H78B2N2. The Morgan fingerprint density at radius 1 is 0.221 bits per heavy atom. The molecule has 4 heterocycles. The van der Waals surface area contributed by atoms with E-state index in [9.17, 15) is 0 Å². The van der Waals surface area contributed by atoms with E-state index in [4.69, 9.17) is 0 Å². The maximum atomic E-state index is 2.76. The maximum absolute atomic E-state index is 2.76. The van der Waals surface area contributed by atoms with Gasteiger partial charge >= 0.3 is 0 Å². The van der Waals surface area contributed by atoms with Gasteiger partial charge in [-0.2, -0.15) is 0 Å². The van der Waals surface area contributed by atoms with Crippen LogP contribution in [0.5, 0.6) is 0 Å². The van der Waals surface area contributed by atoms with Crippen LogP contribution in [-0.4, -0.2) is 13.4 Å². The summed E-state index contributed by atoms with van der Waals surface area (Å²) in [6.45, 7) is 18.7. The molecule has 104 heavy (non-hydrogen) atoms. The molecule has 0 atom stereocenters. The summed E-state index contributed by atoms with van der Waals surface area (Å²) in [5, 5.41) is 7.92. The minimum atomic E-state index is -0.127. The van der Waals surface area contributed by atoms with E-state index in [1.54, 1.807) is 0 Å². The molecule has 0 unspecified atom stereocenters. The Morgan fingerprint density at radius 2 is 0.529 bits per heavy atom. The lowest BCUT2D eigenvalue weighted by Gasteiger charge is -2.43. The van der Waals surface area contributed by atoms with Crippen molar-refractivity contribution in [2.24, 2.45) is 0 Å². The first-order valence-electron chi connectivity index (χ1n) is 37.6. The fraction of sp³-hybridized carbons (Fsp3) is 0.120. The molecule has 4 aliphatic rings. The molecule has 16 aromatic rings. The zero-order valence-corrected chi connectivity index (χ0v) is 60.2. The molecule has 2 nitrogen and oxygen atoms in total. The van der Waals surface area contributed by atoms with E-state index in [0.717, 1.165) is 0 Å². The first kappa shape index (κ1) is 62.1. The largest absolute Gasteiger partial charge is 0.311 e. The number of benzene rings is 16. The lowest BCUT2D eigenvalue weighted by molar-refractivity contribution is 0.865. The van der Waals surface area contributed by atoms with Crippen molar-refractivity contribution in [2.45, 2.75) is 79.1 Å². The monoisotopic (exact) mass is 1330 g/mol. The molecule has 20 rings (SSSR count). The van der Waals surface area contributed by atoms with Crippen LogP contribution in [0.3, 0.4) is 0 Å². The van der Waals surface area contributed by atoms with Crippen LogP contribution in [0.15, 0.2) is 303 Å². The van der Waals surface area contributed by atoms with Gasteiger partial charge in [0.25, 0.3) is 0 Å². The predicted molar refractivity (Wildman–Crippen MR) is 449 cm³/mol. The van der Waals surface area contributed by atoms with Gasteiger partial charge in [-0.3, -0.25) is 0 Å². The lowest BCUT2D eigenvalue weighted by atomic mass is 9.31. The molecule has 0 saturated heterocycles. The lowest BCUT2D eigenvalue weighted by Crippen LogP contribution is -2.60. The summed E-state index contributed by atoms with van der Waals surface area (Å²) in [5.74, 6) is 1.12. The van der Waals surface area contributed by atoms with Crippen molar-refractivity contribution in [1.82, 2.24) is 0 Å². The van der Waals surface area contributed by atoms with Gasteiger partial charge in [-0.1, -0.05) is 309 Å². The van der Waals surface area contributed by atoms with E-state index in [1.807, 2.05) is 0 Å². The van der Waals surface area contributed by atoms with Crippen molar-refractivity contribution in [1.29, 1.82) is 0 Å². The van der Waals surface area contributed by atoms with Gasteiger partial charge in [0.1, 0.15) is 0 Å². The van der Waals surface area contributed by atoms with Crippen molar-refractivity contribution in [2.75, 3.05) is 9.80 Å². The molecule has 494 valence electrons. The summed E-state index contributed by atoms with van der Waals surface area (Å²) in [4.78, 5) is 5.26. The van der Waals surface area contributed by atoms with Crippen LogP contribution >= 0.6 is 0 Å². The van der Waals surface area contributed by atoms with Crippen LogP contribution in [-0.2, 0) is 0 Å². The standard InChI is InChI=1S/C100H78B2N2/c1-59(2)67-45-47-85-89(51-67)103(71-37-23-13-24-38-71)91-53-69(61(5)6)49-83-79-55-78(94-75(65-33-19-11-20-34-65)43-28-44-76(94)66-35-21-12-22-36-66)82-58-88-96-80(84-50-70(62(7)8)54-92-100(84)102(88)86-48-46-68(60(3)4)52-90(86)104(92)72-39-25-14-26-40-72)56-77(81-57-87(101(85)99(83)91)95(79)97(82)98(81)96)93-73(63-29-15-9-16-30-63)41-27-42-74(93)64-31-17-10-18-32-64/h9-62H,1-8H3. The number of nitrogens with zero attached hydrogens (tertiary/aromatic N) is 2. The predicted octanol–water partition coefficient (Wildman–Crippen LogP) is 23.6. The number of hydrogen-bond donors (Lipinski definition) is 0. The summed E-state index contributed by atoms with van der Waals surface area (Å²) in [6, 6.07) is 118. The van der Waals surface area contributed by atoms with E-state index in [0.29, 0.717) is 11.8 Å². The van der Waals surface area contributed by atoms with Crippen LogP contribution in [0.1, 0.15) is 101 Å². The van der Waals surface area contributed by atoms with Crippen LogP contribution in [0.4, 0.5) is 34.1 Å². The highest BCUT2D eigenvalue weighted by Gasteiger charge is 2.47. The number of rotatable bonds is 12. The molecule has 0 spiro atoms. The second kappa shape index (κ2) is 23.9. The van der Waals surface area contributed by atoms with Crippen molar-refractivity contribution < 1.29 is 0 Å². The van der Waals surface area contributed by atoms with Gasteiger partial charge in [0.15, 0.2) is 0 Å². The highest BCUT2D eigenvalue weighted by Crippen LogP contribution is 2.56. The number of fused-ring (bicyclic) bond motifs is 8. The molecular weight excluding hydrogens is 1250 g/mol. The van der Waals surface area contributed by atoms with Crippen LogP contribution < -0.4 is 42.6 Å². The van der Waals surface area contributed by atoms with Gasteiger partial charge in [0.05, 0.1) is 0 Å². The van der Waals surface area contributed by atoms with E-state index >= 15 is 0 Å². The Balaban J connectivity index is 1.06. The zero-order chi connectivity index (χ0) is 69.9. The van der Waals surface area contributed by atoms with Gasteiger partial charge in [0, 0.05) is 34.1 Å². The van der Waals surface area contributed by atoms with Crippen LogP contribution in [0.25, 0.3) is 121 Å². The van der Waals surface area contributed by atoms with E-state index < -0.39 is 0 Å². The summed E-state index contributed by atoms with van der Waals surface area (Å²) in [7, 11) is 0. The van der Waals surface area contributed by atoms with Crippen molar-refractivity contribution in [3.05, 3.63) is 326 Å². The molecule has 4 aliphatic heterocycles. The Morgan fingerprint density at radius 3 is 0.846 bits per heavy atom. The third kappa shape index (κ3) is 9.29. The van der Waals surface area contributed by atoms with Gasteiger partial charge < -0.3 is 9.80 Å². The summed E-state index contributed by atoms with van der Waals surface area (Å²) in [6.07, 6.45) is 0. The Hall–Kier alpha value is -11.7. The van der Waals surface area contributed by atoms with Gasteiger partial charge in [-0.25, -0.2) is 0 Å². The van der Waals surface area contributed by atoms with E-state index in [2.05, 4.69) is 369 Å². The number of hydrogen-bond acceptors (Lipinski definition) is 2. The maximum Gasteiger partial charge on any atom is 0.248 e. The van der Waals surface area contributed by atoms with E-state index in [1.165, 1.54) is 210 Å². The normalized spacial score (nSPS) is 13.1. The molecule has 0 radical (unpaired) electrons. The van der Waals surface area contributed by atoms with Crippen LogP contribution in [0.2, 0.25) is 0 Å². The Labute approximate surface area is 612 Å². The molecule has 16 aromatic carbocycles. The van der Waals surface area contributed by atoms with Crippen molar-refractivity contribution in [3.8, 4) is 89.0 Å². The average molecular weight is 1330 g/mol. The van der Waals surface area contributed by atoms with Crippen molar-refractivity contribution in [3.63, 3.8) is 0 Å². The molecule has 0 aliphatic carbocycles. The Bertz CT molecular complexity index is 5670. The van der Waals surface area contributed by atoms with Crippen molar-refractivity contribution >= 4 is 113 Å². The van der Waals surface area contributed by atoms with Gasteiger partial charge in [0.2, 0.25) is 13.4 Å². The first-order valence-corrected chi connectivity index (χ1v) is 37.6. The quantitative estimate of drug-likeness (QED) is 0.0888. The summed E-state index contributed by atoms with van der Waals surface area (Å²) >= 11 is 0. The summed E-state index contributed by atoms with van der Waals surface area (Å²) < 4.78 is 0. The fourth-order valence-electron chi connectivity index (χ4n) is 18.7. The molecule has 0 saturated carbocycles. The van der Waals surface area contributed by atoms with Gasteiger partial charge in [-0.05, 0) is 250 Å². The first-order chi connectivity index (χ1) is 50.9. The number of para-hydroxylation sites is 2. The fourth-order valence-corrected chi connectivity index (χ4v) is 18.7.